The summed E-state index contributed by atoms with van der Waals surface area (Å²) in [6.45, 7) is 4.61. The molecular formula is C13H19ClN2O3. The topological polar surface area (TPSA) is 54.7 Å². The first kappa shape index (κ1) is 14.4. The van der Waals surface area contributed by atoms with Crippen LogP contribution in [0.3, 0.4) is 0 Å². The van der Waals surface area contributed by atoms with Crippen LogP contribution in [-0.2, 0) is 11.8 Å². The molecule has 5 nitrogen and oxygen atoms in total. The molecule has 1 fully saturated rings. The Labute approximate surface area is 117 Å². The van der Waals surface area contributed by atoms with Crippen LogP contribution in [0.25, 0.3) is 0 Å². The van der Waals surface area contributed by atoms with Crippen LogP contribution in [0.4, 0.5) is 0 Å². The molecule has 0 aliphatic carbocycles. The third-order valence-corrected chi connectivity index (χ3v) is 3.37. The number of halogens is 1. The van der Waals surface area contributed by atoms with E-state index >= 15 is 0 Å². The van der Waals surface area contributed by atoms with E-state index in [-0.39, 0.29) is 18.6 Å². The molecule has 1 aromatic heterocycles. The fourth-order valence-corrected chi connectivity index (χ4v) is 2.69. The maximum atomic E-state index is 12.5. The number of morpholine rings is 1. The van der Waals surface area contributed by atoms with E-state index in [1.54, 1.807) is 28.8 Å². The largest absolute Gasteiger partial charge is 0.394 e. The third-order valence-electron chi connectivity index (χ3n) is 3.16. The van der Waals surface area contributed by atoms with Crippen molar-refractivity contribution in [3.05, 3.63) is 23.0 Å². The fourth-order valence-electron chi connectivity index (χ4n) is 2.44. The second-order valence-electron chi connectivity index (χ2n) is 5.52. The lowest BCUT2D eigenvalue weighted by Gasteiger charge is -2.42. The Morgan fingerprint density at radius 1 is 1.63 bits per heavy atom. The van der Waals surface area contributed by atoms with Crippen molar-refractivity contribution in [2.45, 2.75) is 25.6 Å². The fraction of sp³-hybridized carbons (Fsp3) is 0.615. The average Bonchev–Trinajstić information content (AvgIpc) is 2.65. The molecule has 19 heavy (non-hydrogen) atoms. The monoisotopic (exact) mass is 286 g/mol. The molecule has 0 bridgehead atoms. The van der Waals surface area contributed by atoms with Crippen molar-refractivity contribution in [1.82, 2.24) is 9.47 Å². The smallest absolute Gasteiger partial charge is 0.270 e. The summed E-state index contributed by atoms with van der Waals surface area (Å²) in [5.41, 5.74) is 0.0791. The predicted octanol–water partition coefficient (Wildman–Crippen LogP) is 1.29. The van der Waals surface area contributed by atoms with Crippen LogP contribution < -0.4 is 0 Å². The van der Waals surface area contributed by atoms with Gasteiger partial charge in [-0.3, -0.25) is 4.79 Å². The van der Waals surface area contributed by atoms with Gasteiger partial charge in [0.15, 0.2) is 0 Å². The Morgan fingerprint density at radius 2 is 2.32 bits per heavy atom. The normalized spacial score (nSPS) is 22.6. The molecule has 0 saturated carbocycles. The first-order chi connectivity index (χ1) is 8.82. The summed E-state index contributed by atoms with van der Waals surface area (Å²) in [5.74, 6) is -0.0933. The van der Waals surface area contributed by atoms with E-state index in [2.05, 4.69) is 0 Å². The van der Waals surface area contributed by atoms with Gasteiger partial charge in [0.1, 0.15) is 5.69 Å². The van der Waals surface area contributed by atoms with Crippen LogP contribution in [0.1, 0.15) is 24.3 Å². The summed E-state index contributed by atoms with van der Waals surface area (Å²) in [6, 6.07) is 1.65. The summed E-state index contributed by atoms with van der Waals surface area (Å²) >= 11 is 5.90. The second-order valence-corrected chi connectivity index (χ2v) is 5.96. The average molecular weight is 287 g/mol. The molecule has 0 spiro atoms. The minimum Gasteiger partial charge on any atom is -0.394 e. The number of carbonyl (C=O) groups excluding carboxylic acids is 1. The molecule has 0 aromatic carbocycles. The van der Waals surface area contributed by atoms with Gasteiger partial charge >= 0.3 is 0 Å². The van der Waals surface area contributed by atoms with Gasteiger partial charge in [-0.1, -0.05) is 11.6 Å². The number of hydrogen-bond donors (Lipinski definition) is 1. The zero-order chi connectivity index (χ0) is 14.2. The maximum Gasteiger partial charge on any atom is 0.270 e. The molecule has 1 aromatic rings. The first-order valence-corrected chi connectivity index (χ1v) is 6.60. The number of aromatic nitrogens is 1. The second kappa shape index (κ2) is 5.15. The van der Waals surface area contributed by atoms with Gasteiger partial charge in [-0.05, 0) is 19.9 Å². The highest BCUT2D eigenvalue weighted by molar-refractivity contribution is 6.31. The van der Waals surface area contributed by atoms with Gasteiger partial charge in [0.05, 0.1) is 23.3 Å². The standard InChI is InChI=1S/C13H19ClN2O3/c1-13(2)8-16(6-10(7-17)19-13)12(18)11-4-9(14)5-15(11)3/h4-5,10,17H,6-8H2,1-3H3. The molecule has 1 aliphatic rings. The highest BCUT2D eigenvalue weighted by atomic mass is 35.5. The van der Waals surface area contributed by atoms with Gasteiger partial charge in [0.2, 0.25) is 0 Å². The number of rotatable bonds is 2. The van der Waals surface area contributed by atoms with Crippen LogP contribution in [0.15, 0.2) is 12.3 Å². The van der Waals surface area contributed by atoms with Crippen molar-refractivity contribution < 1.29 is 14.6 Å². The Hall–Kier alpha value is -1.04. The van der Waals surface area contributed by atoms with Crippen LogP contribution >= 0.6 is 11.6 Å². The summed E-state index contributed by atoms with van der Waals surface area (Å²) < 4.78 is 7.41. The van der Waals surface area contributed by atoms with E-state index in [1.165, 1.54) is 0 Å². The van der Waals surface area contributed by atoms with Crippen LogP contribution in [0.5, 0.6) is 0 Å². The lowest BCUT2D eigenvalue weighted by atomic mass is 10.0. The van der Waals surface area contributed by atoms with Gasteiger partial charge in [0.25, 0.3) is 5.91 Å². The Morgan fingerprint density at radius 3 is 2.84 bits per heavy atom. The number of aryl methyl sites for hydroxylation is 1. The molecule has 0 radical (unpaired) electrons. The van der Waals surface area contributed by atoms with E-state index in [9.17, 15) is 9.90 Å². The zero-order valence-electron chi connectivity index (χ0n) is 11.4. The minimum absolute atomic E-state index is 0.0933. The van der Waals surface area contributed by atoms with E-state index in [0.29, 0.717) is 23.8 Å². The lowest BCUT2D eigenvalue weighted by Crippen LogP contribution is -2.55. The highest BCUT2D eigenvalue weighted by Gasteiger charge is 2.36. The van der Waals surface area contributed by atoms with E-state index in [0.717, 1.165) is 0 Å². The third kappa shape index (κ3) is 3.11. The zero-order valence-corrected chi connectivity index (χ0v) is 12.1. The van der Waals surface area contributed by atoms with Gasteiger partial charge < -0.3 is 19.3 Å². The van der Waals surface area contributed by atoms with E-state index < -0.39 is 5.60 Å². The van der Waals surface area contributed by atoms with Gasteiger partial charge in [-0.15, -0.1) is 0 Å². The molecule has 1 unspecified atom stereocenters. The Kier molecular flexibility index (Phi) is 3.90. The molecule has 2 heterocycles. The summed E-state index contributed by atoms with van der Waals surface area (Å²) in [7, 11) is 1.79. The highest BCUT2D eigenvalue weighted by Crippen LogP contribution is 2.23. The van der Waals surface area contributed by atoms with E-state index in [1.807, 2.05) is 13.8 Å². The maximum absolute atomic E-state index is 12.5. The predicted molar refractivity (Wildman–Crippen MR) is 72.4 cm³/mol. The molecule has 1 aliphatic heterocycles. The van der Waals surface area contributed by atoms with Crippen LogP contribution in [0.2, 0.25) is 5.02 Å². The molecule has 2 rings (SSSR count). The number of nitrogens with zero attached hydrogens (tertiary/aromatic N) is 2. The first-order valence-electron chi connectivity index (χ1n) is 6.22. The van der Waals surface area contributed by atoms with Gasteiger partial charge in [-0.2, -0.15) is 0 Å². The molecular weight excluding hydrogens is 268 g/mol. The number of aliphatic hydroxyl groups excluding tert-OH is 1. The summed E-state index contributed by atoms with van der Waals surface area (Å²) in [6.07, 6.45) is 1.35. The van der Waals surface area contributed by atoms with Crippen molar-refractivity contribution in [2.24, 2.45) is 7.05 Å². The van der Waals surface area contributed by atoms with Gasteiger partial charge in [-0.25, -0.2) is 0 Å². The van der Waals surface area contributed by atoms with E-state index in [4.69, 9.17) is 16.3 Å². The molecule has 6 heteroatoms. The quantitative estimate of drug-likeness (QED) is 0.891. The minimum atomic E-state index is -0.462. The van der Waals surface area contributed by atoms with Gasteiger partial charge in [0, 0.05) is 26.3 Å². The molecule has 1 saturated heterocycles. The summed E-state index contributed by atoms with van der Waals surface area (Å²) in [4.78, 5) is 14.2. The van der Waals surface area contributed by atoms with Crippen molar-refractivity contribution in [2.75, 3.05) is 19.7 Å². The number of carbonyl (C=O) groups is 1. The van der Waals surface area contributed by atoms with Crippen molar-refractivity contribution in [1.29, 1.82) is 0 Å². The number of aliphatic hydroxyl groups is 1. The van der Waals surface area contributed by atoms with Crippen molar-refractivity contribution in [3.8, 4) is 0 Å². The Bertz CT molecular complexity index is 484. The molecule has 1 N–H and O–H groups in total. The molecule has 106 valence electrons. The SMILES string of the molecule is Cn1cc(Cl)cc1C(=O)N1CC(CO)OC(C)(C)C1. The van der Waals surface area contributed by atoms with Crippen LogP contribution in [0, 0.1) is 0 Å². The number of amides is 1. The van der Waals surface area contributed by atoms with Crippen molar-refractivity contribution >= 4 is 17.5 Å². The molecule has 1 amide bonds. The number of hydrogen-bond acceptors (Lipinski definition) is 3. The number of ether oxygens (including phenoxy) is 1. The lowest BCUT2D eigenvalue weighted by molar-refractivity contribution is -0.139. The van der Waals surface area contributed by atoms with Crippen LogP contribution in [-0.4, -0.2) is 51.9 Å². The molecule has 1 atom stereocenters. The Balaban J connectivity index is 2.21. The van der Waals surface area contributed by atoms with Crippen molar-refractivity contribution in [3.63, 3.8) is 0 Å². The summed E-state index contributed by atoms with van der Waals surface area (Å²) in [5, 5.41) is 9.80.